The van der Waals surface area contributed by atoms with Crippen LogP contribution in [0.3, 0.4) is 0 Å². The number of hydrogen-bond acceptors (Lipinski definition) is 16. The van der Waals surface area contributed by atoms with Crippen molar-refractivity contribution in [1.29, 1.82) is 0 Å². The first-order chi connectivity index (χ1) is 38.0. The highest BCUT2D eigenvalue weighted by Gasteiger charge is 2.70. The van der Waals surface area contributed by atoms with Crippen LogP contribution in [0, 0.1) is 17.8 Å². The number of pyridine rings is 2. The molecule has 6 aliphatic heterocycles. The molecular weight excluding hydrogens is 997 g/mol. The minimum Gasteiger partial charge on any atom is -0.497 e. The third-order valence-corrected chi connectivity index (χ3v) is 16.9. The summed E-state index contributed by atoms with van der Waals surface area (Å²) in [5.74, 6) is 2.00. The molecule has 12 rings (SSSR count). The highest BCUT2D eigenvalue weighted by atomic mass is 16.6. The Kier molecular flexibility index (Phi) is 13.7. The number of ether oxygens (including phenoxy) is 8. The van der Waals surface area contributed by atoms with Crippen LogP contribution >= 0.6 is 0 Å². The molecule has 8 heterocycles. The molecule has 18 heteroatoms. The van der Waals surface area contributed by atoms with Gasteiger partial charge in [-0.1, -0.05) is 12.2 Å². The van der Waals surface area contributed by atoms with Gasteiger partial charge < -0.3 is 48.1 Å². The molecule has 0 bridgehead atoms. The van der Waals surface area contributed by atoms with Gasteiger partial charge in [-0.3, -0.25) is 29.6 Å². The predicted molar refractivity (Wildman–Crippen MR) is 291 cm³/mol. The number of rotatable bonds is 15. The van der Waals surface area contributed by atoms with Gasteiger partial charge in [0.15, 0.2) is 23.0 Å². The zero-order valence-electron chi connectivity index (χ0n) is 43.8. The van der Waals surface area contributed by atoms with Crippen molar-refractivity contribution in [3.05, 3.63) is 134 Å². The molecule has 2 spiro atoms. The maximum atomic E-state index is 15.5. The number of carbonyl (C=O) groups excluding carboxylic acids is 2. The molecule has 406 valence electrons. The van der Waals surface area contributed by atoms with Gasteiger partial charge in [0.25, 0.3) is 0 Å². The summed E-state index contributed by atoms with van der Waals surface area (Å²) >= 11 is 0. The Hall–Kier alpha value is -7.64. The Morgan fingerprint density at radius 2 is 1.17 bits per heavy atom. The number of methoxy groups -OCH3 is 2. The molecule has 4 fully saturated rings. The van der Waals surface area contributed by atoms with Crippen LogP contribution in [-0.2, 0) is 9.47 Å². The smallest absolute Gasteiger partial charge is 0.415 e. The maximum absolute atomic E-state index is 15.5. The number of fused-ring (bicyclic) bond motifs is 4. The van der Waals surface area contributed by atoms with Crippen LogP contribution in [0.25, 0.3) is 21.8 Å². The first-order valence-corrected chi connectivity index (χ1v) is 26.7. The molecule has 0 saturated carbocycles. The lowest BCUT2D eigenvalue weighted by atomic mass is 9.61. The van der Waals surface area contributed by atoms with Crippen molar-refractivity contribution in [3.63, 3.8) is 0 Å². The third kappa shape index (κ3) is 9.03. The molecule has 8 atom stereocenters. The van der Waals surface area contributed by atoms with Crippen LogP contribution in [0.15, 0.2) is 123 Å². The van der Waals surface area contributed by atoms with E-state index in [9.17, 15) is 15.0 Å². The average Bonchev–Trinajstić information content (AvgIpc) is 4.18. The molecule has 2 aromatic heterocycles. The van der Waals surface area contributed by atoms with Crippen LogP contribution in [0.5, 0.6) is 34.5 Å². The number of amides is 2. The second-order valence-corrected chi connectivity index (χ2v) is 21.1. The molecule has 4 unspecified atom stereocenters. The fourth-order valence-corrected chi connectivity index (χ4v) is 13.3. The predicted octanol–water partition coefficient (Wildman–Crippen LogP) is 8.29. The summed E-state index contributed by atoms with van der Waals surface area (Å²) in [6.07, 6.45) is 5.34. The molecular formula is C60H64N6O12. The van der Waals surface area contributed by atoms with Crippen molar-refractivity contribution >= 4 is 45.4 Å². The van der Waals surface area contributed by atoms with Crippen molar-refractivity contribution in [2.24, 2.45) is 17.8 Å². The van der Waals surface area contributed by atoms with E-state index in [0.29, 0.717) is 122 Å². The van der Waals surface area contributed by atoms with Gasteiger partial charge in [-0.2, -0.15) is 0 Å². The summed E-state index contributed by atoms with van der Waals surface area (Å²) in [6, 6.07) is 25.1. The lowest BCUT2D eigenvalue weighted by Crippen LogP contribution is -2.70. The quantitative estimate of drug-likeness (QED) is 0.0935. The number of β-amino-alcohol motifs (C(OH)–C–C–N with tert-alkyl or cyclic N) is 2. The SMILES string of the molecule is C=CCC1CN(C[C@@H](O)c2ccnc3ccc(OC)cc23)CC(C2N(c3ccc4c(c3)OCCO4)C(=O)O[C@]23CCN(C[C@H](O)c2ccnc4ccc(OC)cc24)C[C@@H]3CC=C)C12CN(c1ccc3c(c1)OCCO3)C(=O)O2. The van der Waals surface area contributed by atoms with E-state index < -0.39 is 53.5 Å². The molecule has 4 aromatic carbocycles. The normalized spacial score (nSPS) is 25.7. The summed E-state index contributed by atoms with van der Waals surface area (Å²) in [7, 11) is 3.22. The number of anilines is 2. The van der Waals surface area contributed by atoms with Gasteiger partial charge in [0, 0.05) is 98.7 Å². The molecule has 0 aliphatic carbocycles. The van der Waals surface area contributed by atoms with Gasteiger partial charge in [-0.25, -0.2) is 9.59 Å². The number of aliphatic hydroxyl groups is 2. The van der Waals surface area contributed by atoms with E-state index >= 15 is 4.79 Å². The van der Waals surface area contributed by atoms with Crippen molar-refractivity contribution in [2.75, 3.05) is 96.3 Å². The Morgan fingerprint density at radius 1 is 0.641 bits per heavy atom. The van der Waals surface area contributed by atoms with E-state index in [2.05, 4.69) is 32.9 Å². The molecule has 6 aromatic rings. The van der Waals surface area contributed by atoms with Crippen LogP contribution in [0.4, 0.5) is 21.0 Å². The largest absolute Gasteiger partial charge is 0.497 e. The van der Waals surface area contributed by atoms with E-state index in [-0.39, 0.29) is 32.1 Å². The van der Waals surface area contributed by atoms with Crippen molar-refractivity contribution in [2.45, 2.75) is 48.7 Å². The van der Waals surface area contributed by atoms with Gasteiger partial charge in [-0.05, 0) is 96.8 Å². The standard InChI is InChI=1S/C60H64N6O12/c1-5-7-37-31-63(34-50(67)43-17-20-61-48-13-11-41(71-3)29-45(43)48)22-19-59(37)56(66(58(70)78-59)40-10-16-53-55(28-40)76-26-24-74-53)47-33-64(35-51(68)44-18-21-62-49-14-12-42(72-4)30-46(44)49)32-38(8-6-2)60(47)36-65(57(69)77-60)39-9-15-52-54(27-39)75-25-23-73-52/h5-6,9-18,20-21,27-30,37-38,47,50-51,56,67-68H,1-2,7-8,19,22-26,31-36H2,3-4H3/t37-,38?,47?,50-,51+,56?,59-,60?/m0/s1. The molecule has 0 radical (unpaired) electrons. The number of nitrogens with zero attached hydrogens (tertiary/aromatic N) is 6. The molecule has 6 aliphatic rings. The van der Waals surface area contributed by atoms with Gasteiger partial charge in [0.05, 0.1) is 61.4 Å². The number of carbonyl (C=O) groups is 2. The van der Waals surface area contributed by atoms with E-state index in [1.165, 1.54) is 0 Å². The van der Waals surface area contributed by atoms with Crippen molar-refractivity contribution < 1.29 is 57.7 Å². The summed E-state index contributed by atoms with van der Waals surface area (Å²) in [5.41, 5.74) is 1.46. The van der Waals surface area contributed by atoms with E-state index in [0.717, 1.165) is 21.9 Å². The molecule has 18 nitrogen and oxygen atoms in total. The average molecular weight is 1060 g/mol. The lowest BCUT2D eigenvalue weighted by Gasteiger charge is -2.56. The number of benzene rings is 4. The van der Waals surface area contributed by atoms with E-state index in [1.807, 2.05) is 97.1 Å². The Bertz CT molecular complexity index is 3290. The van der Waals surface area contributed by atoms with Gasteiger partial charge >= 0.3 is 12.2 Å². The maximum Gasteiger partial charge on any atom is 0.415 e. The monoisotopic (exact) mass is 1060 g/mol. The second kappa shape index (κ2) is 21.0. The zero-order valence-corrected chi connectivity index (χ0v) is 43.8. The van der Waals surface area contributed by atoms with E-state index in [4.69, 9.17) is 37.9 Å². The van der Waals surface area contributed by atoms with Gasteiger partial charge in [0.1, 0.15) is 49.1 Å². The van der Waals surface area contributed by atoms with Crippen LogP contribution in [0.1, 0.15) is 42.6 Å². The number of hydrogen-bond donors (Lipinski definition) is 2. The number of likely N-dealkylation sites (tertiary alicyclic amines) is 2. The summed E-state index contributed by atoms with van der Waals surface area (Å²) < 4.78 is 49.4. The fraction of sp³-hybridized carbons (Fsp3) is 0.400. The fourth-order valence-electron chi connectivity index (χ4n) is 13.3. The van der Waals surface area contributed by atoms with Crippen LogP contribution < -0.4 is 38.2 Å². The van der Waals surface area contributed by atoms with Gasteiger partial charge in [0.2, 0.25) is 0 Å². The highest BCUT2D eigenvalue weighted by molar-refractivity contribution is 5.94. The topological polar surface area (TPSA) is 187 Å². The van der Waals surface area contributed by atoms with Crippen molar-refractivity contribution in [3.8, 4) is 34.5 Å². The van der Waals surface area contributed by atoms with Crippen molar-refractivity contribution in [1.82, 2.24) is 19.8 Å². The molecule has 4 saturated heterocycles. The Morgan fingerprint density at radius 3 is 1.76 bits per heavy atom. The van der Waals surface area contributed by atoms with E-state index in [1.54, 1.807) is 36.4 Å². The molecule has 2 amide bonds. The van der Waals surface area contributed by atoms with Crippen LogP contribution in [-0.4, -0.2) is 146 Å². The lowest BCUT2D eigenvalue weighted by molar-refractivity contribution is -0.141. The summed E-state index contributed by atoms with van der Waals surface area (Å²) in [6.45, 7) is 12.1. The number of allylic oxidation sites excluding steroid dienone is 2. The van der Waals surface area contributed by atoms with Crippen LogP contribution in [0.2, 0.25) is 0 Å². The molecule has 2 N–H and O–H groups in total. The van der Waals surface area contributed by atoms with Gasteiger partial charge in [-0.15, -0.1) is 13.2 Å². The second-order valence-electron chi connectivity index (χ2n) is 21.1. The first-order valence-electron chi connectivity index (χ1n) is 26.7. The minimum absolute atomic E-state index is 0.116. The number of aliphatic hydroxyl groups excluding tert-OH is 2. The summed E-state index contributed by atoms with van der Waals surface area (Å²) in [5, 5.41) is 26.2. The Balaban J connectivity index is 0.978. The molecule has 78 heavy (non-hydrogen) atoms. The third-order valence-electron chi connectivity index (χ3n) is 16.9. The number of aromatic nitrogens is 2. The summed E-state index contributed by atoms with van der Waals surface area (Å²) in [4.78, 5) is 47.4. The first kappa shape index (κ1) is 51.1. The zero-order chi connectivity index (χ0) is 53.7. The Labute approximate surface area is 452 Å². The minimum atomic E-state index is -1.27. The number of piperidine rings is 2. The highest BCUT2D eigenvalue weighted by Crippen LogP contribution is 2.56.